The van der Waals surface area contributed by atoms with Gasteiger partial charge in [0.2, 0.25) is 5.52 Å². The number of non-ortho nitro benzene ring substituents is 1. The summed E-state index contributed by atoms with van der Waals surface area (Å²) < 4.78 is 34.3. The van der Waals surface area contributed by atoms with Crippen LogP contribution in [0.5, 0.6) is 0 Å². The van der Waals surface area contributed by atoms with E-state index in [1.54, 1.807) is 6.92 Å². The summed E-state index contributed by atoms with van der Waals surface area (Å²) in [5.74, 6) is -1.38. The zero-order valence-electron chi connectivity index (χ0n) is 16.2. The fourth-order valence-electron chi connectivity index (χ4n) is 3.41. The van der Waals surface area contributed by atoms with Crippen LogP contribution in [0, 0.1) is 10.1 Å². The summed E-state index contributed by atoms with van der Waals surface area (Å²) >= 11 is 0. The lowest BCUT2D eigenvalue weighted by molar-refractivity contribution is -0.383. The van der Waals surface area contributed by atoms with Gasteiger partial charge in [0.1, 0.15) is 12.8 Å². The molecule has 2 heterocycles. The summed E-state index contributed by atoms with van der Waals surface area (Å²) in [6.07, 6.45) is -4.17. The van der Waals surface area contributed by atoms with E-state index in [4.69, 9.17) is 14.2 Å². The molecule has 30 heavy (non-hydrogen) atoms. The van der Waals surface area contributed by atoms with Crippen molar-refractivity contribution in [2.45, 2.75) is 51.2 Å². The van der Waals surface area contributed by atoms with Crippen molar-refractivity contribution >= 4 is 34.3 Å². The lowest BCUT2D eigenvalue weighted by Gasteiger charge is -2.44. The molecule has 0 saturated carbocycles. The third-order valence-electron chi connectivity index (χ3n) is 4.61. The van der Waals surface area contributed by atoms with E-state index in [1.165, 1.54) is 12.1 Å². The van der Waals surface area contributed by atoms with Crippen LogP contribution >= 0.6 is 0 Å². The SMILES string of the molecule is CC(=O)OC1[C@@H](Nc2ccc([N+](=O)[O-])c3nonc23)C(C)OC(CF)[C@@H]1OC(C)=O. The van der Waals surface area contributed by atoms with Crippen LogP contribution in [-0.4, -0.2) is 64.3 Å². The van der Waals surface area contributed by atoms with Gasteiger partial charge in [-0.3, -0.25) is 19.7 Å². The Bertz CT molecular complexity index is 966. The highest BCUT2D eigenvalue weighted by atomic mass is 19.1. The Morgan fingerprint density at radius 3 is 2.43 bits per heavy atom. The molecule has 1 aromatic heterocycles. The highest BCUT2D eigenvalue weighted by molar-refractivity contribution is 5.93. The lowest BCUT2D eigenvalue weighted by atomic mass is 9.92. The van der Waals surface area contributed by atoms with Gasteiger partial charge in [-0.05, 0) is 23.3 Å². The van der Waals surface area contributed by atoms with Gasteiger partial charge in [0.15, 0.2) is 17.7 Å². The van der Waals surface area contributed by atoms with E-state index in [9.17, 15) is 24.1 Å². The van der Waals surface area contributed by atoms with Crippen molar-refractivity contribution in [3.05, 3.63) is 22.2 Å². The number of nitrogens with one attached hydrogen (secondary N) is 1. The molecule has 0 spiro atoms. The van der Waals surface area contributed by atoms with Gasteiger partial charge in [-0.25, -0.2) is 9.02 Å². The maximum absolute atomic E-state index is 13.5. The first kappa shape index (κ1) is 21.4. The number of esters is 2. The second-order valence-electron chi connectivity index (χ2n) is 6.70. The molecule has 1 aliphatic rings. The number of carbonyl (C=O) groups excluding carboxylic acids is 2. The molecule has 1 fully saturated rings. The predicted molar refractivity (Wildman–Crippen MR) is 97.3 cm³/mol. The van der Waals surface area contributed by atoms with E-state index in [2.05, 4.69) is 20.3 Å². The molecule has 1 saturated heterocycles. The van der Waals surface area contributed by atoms with E-state index in [1.807, 2.05) is 0 Å². The molecule has 13 heteroatoms. The van der Waals surface area contributed by atoms with Gasteiger partial charge < -0.3 is 19.5 Å². The normalized spacial score (nSPS) is 26.2. The van der Waals surface area contributed by atoms with Crippen molar-refractivity contribution in [2.75, 3.05) is 12.0 Å². The number of fused-ring (bicyclic) bond motifs is 1. The van der Waals surface area contributed by atoms with Crippen molar-refractivity contribution < 1.29 is 37.7 Å². The van der Waals surface area contributed by atoms with Crippen LogP contribution in [0.15, 0.2) is 16.8 Å². The van der Waals surface area contributed by atoms with Crippen LogP contribution in [0.1, 0.15) is 20.8 Å². The molecule has 0 amide bonds. The maximum atomic E-state index is 13.5. The van der Waals surface area contributed by atoms with Crippen LogP contribution in [0.3, 0.4) is 0 Å². The van der Waals surface area contributed by atoms with Gasteiger partial charge in [-0.1, -0.05) is 0 Å². The summed E-state index contributed by atoms with van der Waals surface area (Å²) in [7, 11) is 0. The third-order valence-corrected chi connectivity index (χ3v) is 4.61. The summed E-state index contributed by atoms with van der Waals surface area (Å²) in [5.41, 5.74) is -0.0579. The van der Waals surface area contributed by atoms with Gasteiger partial charge in [0.05, 0.1) is 22.8 Å². The molecular formula is C17H19FN4O8. The third kappa shape index (κ3) is 4.15. The van der Waals surface area contributed by atoms with E-state index in [0.717, 1.165) is 13.8 Å². The molecule has 0 aliphatic carbocycles. The van der Waals surface area contributed by atoms with Crippen LogP contribution in [0.25, 0.3) is 11.0 Å². The minimum atomic E-state index is -1.21. The van der Waals surface area contributed by atoms with Crippen LogP contribution in [-0.2, 0) is 23.8 Å². The van der Waals surface area contributed by atoms with Gasteiger partial charge in [0, 0.05) is 19.9 Å². The number of aromatic nitrogens is 2. The highest BCUT2D eigenvalue weighted by Gasteiger charge is 2.48. The first-order chi connectivity index (χ1) is 14.2. The van der Waals surface area contributed by atoms with E-state index < -0.39 is 54.0 Å². The minimum absolute atomic E-state index is 0.0645. The summed E-state index contributed by atoms with van der Waals surface area (Å²) in [5, 5.41) is 21.4. The van der Waals surface area contributed by atoms with Crippen molar-refractivity contribution in [3.8, 4) is 0 Å². The molecule has 2 aromatic rings. The molecule has 1 aliphatic heterocycles. The standard InChI is InChI=1S/C17H19FN4O8/c1-7-13(17(29-9(3)24)16(28-8(2)23)12(6-18)27-7)19-10-4-5-11(22(25)26)15-14(10)20-30-21-15/h4-5,7,12-13,16-17,19H,6H2,1-3H3/t7?,12?,13-,16-,17?/m0/s1. The van der Waals surface area contributed by atoms with Gasteiger partial charge >= 0.3 is 17.6 Å². The molecular weight excluding hydrogens is 407 g/mol. The van der Waals surface area contributed by atoms with Crippen LogP contribution < -0.4 is 5.32 Å². The average Bonchev–Trinajstić information content (AvgIpc) is 3.15. The first-order valence-electron chi connectivity index (χ1n) is 8.95. The van der Waals surface area contributed by atoms with Crippen molar-refractivity contribution in [3.63, 3.8) is 0 Å². The summed E-state index contributed by atoms with van der Waals surface area (Å²) in [6.45, 7) is 2.95. The highest BCUT2D eigenvalue weighted by Crippen LogP contribution is 2.33. The van der Waals surface area contributed by atoms with Gasteiger partial charge in [0.25, 0.3) is 0 Å². The van der Waals surface area contributed by atoms with E-state index in [-0.39, 0.29) is 22.4 Å². The Balaban J connectivity index is 2.00. The number of hydrogen-bond acceptors (Lipinski definition) is 11. The fraction of sp³-hybridized carbons (Fsp3) is 0.529. The number of ether oxygens (including phenoxy) is 3. The molecule has 12 nitrogen and oxygen atoms in total. The molecule has 3 rings (SSSR count). The Labute approximate surface area is 168 Å². The average molecular weight is 426 g/mol. The number of benzene rings is 1. The number of nitro groups is 1. The quantitative estimate of drug-likeness (QED) is 0.406. The Hall–Kier alpha value is -3.35. The van der Waals surface area contributed by atoms with Gasteiger partial charge in [-0.15, -0.1) is 0 Å². The zero-order valence-corrected chi connectivity index (χ0v) is 16.2. The second kappa shape index (κ2) is 8.57. The number of rotatable bonds is 6. The van der Waals surface area contributed by atoms with Crippen molar-refractivity contribution in [2.24, 2.45) is 0 Å². The maximum Gasteiger partial charge on any atom is 0.303 e. The monoisotopic (exact) mass is 426 g/mol. The van der Waals surface area contributed by atoms with E-state index in [0.29, 0.717) is 0 Å². The van der Waals surface area contributed by atoms with E-state index >= 15 is 0 Å². The number of nitrogens with zero attached hydrogens (tertiary/aromatic N) is 3. The number of nitro benzene ring substituents is 1. The first-order valence-corrected chi connectivity index (χ1v) is 8.95. The second-order valence-corrected chi connectivity index (χ2v) is 6.70. The van der Waals surface area contributed by atoms with Crippen LogP contribution in [0.4, 0.5) is 15.8 Å². The molecule has 0 radical (unpaired) electrons. The number of alkyl halides is 1. The molecule has 5 atom stereocenters. The number of hydrogen-bond donors (Lipinski definition) is 1. The summed E-state index contributed by atoms with van der Waals surface area (Å²) in [6, 6.07) is 1.77. The number of halogens is 1. The molecule has 1 N–H and O–H groups in total. The summed E-state index contributed by atoms with van der Waals surface area (Å²) in [4.78, 5) is 33.8. The Kier molecular flexibility index (Phi) is 6.10. The van der Waals surface area contributed by atoms with Crippen molar-refractivity contribution in [1.29, 1.82) is 0 Å². The van der Waals surface area contributed by atoms with Crippen molar-refractivity contribution in [1.82, 2.24) is 10.3 Å². The van der Waals surface area contributed by atoms with Crippen LogP contribution in [0.2, 0.25) is 0 Å². The molecule has 3 unspecified atom stereocenters. The molecule has 1 aromatic carbocycles. The predicted octanol–water partition coefficient (Wildman–Crippen LogP) is 1.53. The molecule has 0 bridgehead atoms. The van der Waals surface area contributed by atoms with Gasteiger partial charge in [-0.2, -0.15) is 0 Å². The Morgan fingerprint density at radius 1 is 1.20 bits per heavy atom. The topological polar surface area (TPSA) is 156 Å². The minimum Gasteiger partial charge on any atom is -0.456 e. The number of anilines is 1. The number of carbonyl (C=O) groups is 2. The fourth-order valence-corrected chi connectivity index (χ4v) is 3.41. The Morgan fingerprint density at radius 2 is 1.83 bits per heavy atom. The zero-order chi connectivity index (χ0) is 22.0. The smallest absolute Gasteiger partial charge is 0.303 e. The lowest BCUT2D eigenvalue weighted by Crippen LogP contribution is -2.62. The largest absolute Gasteiger partial charge is 0.456 e. The molecule has 162 valence electrons.